The Balaban J connectivity index is 1.33. The standard InChI is InChI=1S/C21H22N4O2/c1-15-12-18(4-7-22-15)27-14-16-5-10-25(11-6-16)21(26)17-2-3-19-20(13-17)24-9-8-23-19/h2-4,7-9,12-13,16H,5-6,10-11,14H2,1H3. The van der Waals surface area contributed by atoms with Crippen LogP contribution < -0.4 is 4.74 Å². The van der Waals surface area contributed by atoms with Gasteiger partial charge in [-0.1, -0.05) is 0 Å². The molecule has 1 aliphatic rings. The van der Waals surface area contributed by atoms with Gasteiger partial charge in [0, 0.05) is 49.0 Å². The molecule has 4 rings (SSSR count). The predicted molar refractivity (Wildman–Crippen MR) is 103 cm³/mol. The molecule has 0 atom stereocenters. The minimum Gasteiger partial charge on any atom is -0.493 e. The Morgan fingerprint density at radius 2 is 1.81 bits per heavy atom. The number of aromatic nitrogens is 3. The molecular weight excluding hydrogens is 340 g/mol. The van der Waals surface area contributed by atoms with Crippen LogP contribution in [0.1, 0.15) is 28.9 Å². The van der Waals surface area contributed by atoms with Crippen LogP contribution in [-0.4, -0.2) is 45.5 Å². The average Bonchev–Trinajstić information content (AvgIpc) is 2.72. The molecule has 1 saturated heterocycles. The summed E-state index contributed by atoms with van der Waals surface area (Å²) in [6.45, 7) is 4.13. The number of hydrogen-bond acceptors (Lipinski definition) is 5. The van der Waals surface area contributed by atoms with Crippen molar-refractivity contribution >= 4 is 16.9 Å². The lowest BCUT2D eigenvalue weighted by Crippen LogP contribution is -2.39. The smallest absolute Gasteiger partial charge is 0.253 e. The lowest BCUT2D eigenvalue weighted by molar-refractivity contribution is 0.0661. The number of aryl methyl sites for hydroxylation is 1. The van der Waals surface area contributed by atoms with Gasteiger partial charge in [-0.2, -0.15) is 0 Å². The highest BCUT2D eigenvalue weighted by atomic mass is 16.5. The largest absolute Gasteiger partial charge is 0.493 e. The van der Waals surface area contributed by atoms with Crippen molar-refractivity contribution in [3.05, 3.63) is 60.2 Å². The maximum absolute atomic E-state index is 12.8. The molecule has 0 unspecified atom stereocenters. The van der Waals surface area contributed by atoms with Crippen molar-refractivity contribution in [1.29, 1.82) is 0 Å². The van der Waals surface area contributed by atoms with E-state index in [-0.39, 0.29) is 5.91 Å². The maximum Gasteiger partial charge on any atom is 0.253 e. The molecule has 3 aromatic rings. The van der Waals surface area contributed by atoms with Crippen LogP contribution in [0.3, 0.4) is 0 Å². The van der Waals surface area contributed by atoms with Crippen molar-refractivity contribution < 1.29 is 9.53 Å². The van der Waals surface area contributed by atoms with Crippen LogP contribution in [0.15, 0.2) is 48.9 Å². The first-order valence-corrected chi connectivity index (χ1v) is 9.24. The Morgan fingerprint density at radius 1 is 1.04 bits per heavy atom. The van der Waals surface area contributed by atoms with Gasteiger partial charge in [0.05, 0.1) is 17.6 Å². The number of benzene rings is 1. The van der Waals surface area contributed by atoms with E-state index in [0.29, 0.717) is 18.1 Å². The molecule has 0 saturated carbocycles. The highest BCUT2D eigenvalue weighted by Crippen LogP contribution is 2.22. The summed E-state index contributed by atoms with van der Waals surface area (Å²) in [6, 6.07) is 9.34. The van der Waals surface area contributed by atoms with Crippen LogP contribution in [-0.2, 0) is 0 Å². The summed E-state index contributed by atoms with van der Waals surface area (Å²) in [5.41, 5.74) is 3.17. The van der Waals surface area contributed by atoms with Crippen LogP contribution in [0, 0.1) is 12.8 Å². The van der Waals surface area contributed by atoms with Crippen molar-refractivity contribution in [2.75, 3.05) is 19.7 Å². The number of amides is 1. The van der Waals surface area contributed by atoms with Gasteiger partial charge in [-0.15, -0.1) is 0 Å². The third-order valence-electron chi connectivity index (χ3n) is 4.97. The van der Waals surface area contributed by atoms with Crippen LogP contribution in [0.2, 0.25) is 0 Å². The highest BCUT2D eigenvalue weighted by Gasteiger charge is 2.24. The Bertz CT molecular complexity index is 952. The van der Waals surface area contributed by atoms with Gasteiger partial charge < -0.3 is 9.64 Å². The predicted octanol–water partition coefficient (Wildman–Crippen LogP) is 3.26. The minimum atomic E-state index is 0.0617. The molecule has 1 fully saturated rings. The number of hydrogen-bond donors (Lipinski definition) is 0. The average molecular weight is 362 g/mol. The molecule has 0 spiro atoms. The summed E-state index contributed by atoms with van der Waals surface area (Å²) in [7, 11) is 0. The molecule has 1 amide bonds. The number of ether oxygens (including phenoxy) is 1. The van der Waals surface area contributed by atoms with Crippen LogP contribution in [0.4, 0.5) is 0 Å². The number of fused-ring (bicyclic) bond motifs is 1. The number of carbonyl (C=O) groups is 1. The molecular formula is C21H22N4O2. The first kappa shape index (κ1) is 17.4. The SMILES string of the molecule is Cc1cc(OCC2CCN(C(=O)c3ccc4nccnc4c3)CC2)ccn1. The molecule has 6 heteroatoms. The van der Waals surface area contributed by atoms with E-state index < -0.39 is 0 Å². The van der Waals surface area contributed by atoms with Crippen molar-refractivity contribution in [2.45, 2.75) is 19.8 Å². The van der Waals surface area contributed by atoms with Gasteiger partial charge in [0.2, 0.25) is 0 Å². The van der Waals surface area contributed by atoms with Gasteiger partial charge in [0.25, 0.3) is 5.91 Å². The second kappa shape index (κ2) is 7.70. The fourth-order valence-electron chi connectivity index (χ4n) is 3.41. The Morgan fingerprint density at radius 3 is 2.59 bits per heavy atom. The second-order valence-corrected chi connectivity index (χ2v) is 6.94. The molecule has 0 bridgehead atoms. The monoisotopic (exact) mass is 362 g/mol. The van der Waals surface area contributed by atoms with E-state index in [9.17, 15) is 4.79 Å². The van der Waals surface area contributed by atoms with E-state index in [1.165, 1.54) is 0 Å². The number of pyridine rings is 1. The van der Waals surface area contributed by atoms with Crippen molar-refractivity contribution in [3.63, 3.8) is 0 Å². The number of piperidine rings is 1. The van der Waals surface area contributed by atoms with Gasteiger partial charge in [0.1, 0.15) is 5.75 Å². The van der Waals surface area contributed by atoms with E-state index in [1.54, 1.807) is 18.6 Å². The fourth-order valence-corrected chi connectivity index (χ4v) is 3.41. The number of rotatable bonds is 4. The zero-order chi connectivity index (χ0) is 18.6. The third kappa shape index (κ3) is 4.05. The van der Waals surface area contributed by atoms with Gasteiger partial charge >= 0.3 is 0 Å². The van der Waals surface area contributed by atoms with Gasteiger partial charge in [0.15, 0.2) is 0 Å². The summed E-state index contributed by atoms with van der Waals surface area (Å²) in [5.74, 6) is 1.38. The third-order valence-corrected chi connectivity index (χ3v) is 4.97. The summed E-state index contributed by atoms with van der Waals surface area (Å²) in [5, 5.41) is 0. The molecule has 3 heterocycles. The second-order valence-electron chi connectivity index (χ2n) is 6.94. The number of likely N-dealkylation sites (tertiary alicyclic amines) is 1. The molecule has 27 heavy (non-hydrogen) atoms. The Kier molecular flexibility index (Phi) is 4.96. The molecule has 2 aromatic heterocycles. The Labute approximate surface area is 158 Å². The van der Waals surface area contributed by atoms with Crippen LogP contribution >= 0.6 is 0 Å². The Hall–Kier alpha value is -3.02. The maximum atomic E-state index is 12.8. The molecule has 138 valence electrons. The number of carbonyl (C=O) groups excluding carboxylic acids is 1. The summed E-state index contributed by atoms with van der Waals surface area (Å²) < 4.78 is 5.90. The lowest BCUT2D eigenvalue weighted by Gasteiger charge is -2.32. The fraction of sp³-hybridized carbons (Fsp3) is 0.333. The van der Waals surface area contributed by atoms with Gasteiger partial charge in [-0.3, -0.25) is 19.7 Å². The minimum absolute atomic E-state index is 0.0617. The zero-order valence-electron chi connectivity index (χ0n) is 15.3. The molecule has 1 aromatic carbocycles. The molecule has 0 aliphatic carbocycles. The molecule has 0 radical (unpaired) electrons. The number of nitrogens with zero attached hydrogens (tertiary/aromatic N) is 4. The van der Waals surface area contributed by atoms with E-state index >= 15 is 0 Å². The van der Waals surface area contributed by atoms with Crippen molar-refractivity contribution in [2.24, 2.45) is 5.92 Å². The van der Waals surface area contributed by atoms with Crippen molar-refractivity contribution in [3.8, 4) is 5.75 Å². The van der Waals surface area contributed by atoms with Crippen LogP contribution in [0.5, 0.6) is 5.75 Å². The highest BCUT2D eigenvalue weighted by molar-refractivity contribution is 5.97. The summed E-state index contributed by atoms with van der Waals surface area (Å²) in [6.07, 6.45) is 6.96. The van der Waals surface area contributed by atoms with E-state index in [1.807, 2.05) is 42.2 Å². The van der Waals surface area contributed by atoms with E-state index in [0.717, 1.165) is 48.4 Å². The van der Waals surface area contributed by atoms with E-state index in [4.69, 9.17) is 4.74 Å². The van der Waals surface area contributed by atoms with Crippen LogP contribution in [0.25, 0.3) is 11.0 Å². The zero-order valence-corrected chi connectivity index (χ0v) is 15.3. The van der Waals surface area contributed by atoms with Crippen molar-refractivity contribution in [1.82, 2.24) is 19.9 Å². The molecule has 0 N–H and O–H groups in total. The lowest BCUT2D eigenvalue weighted by atomic mass is 9.97. The molecule has 1 aliphatic heterocycles. The molecule has 6 nitrogen and oxygen atoms in total. The van der Waals surface area contributed by atoms with Gasteiger partial charge in [-0.05, 0) is 49.9 Å². The van der Waals surface area contributed by atoms with E-state index in [2.05, 4.69) is 15.0 Å². The normalized spacial score (nSPS) is 15.1. The first-order valence-electron chi connectivity index (χ1n) is 9.24. The summed E-state index contributed by atoms with van der Waals surface area (Å²) >= 11 is 0. The van der Waals surface area contributed by atoms with Gasteiger partial charge in [-0.25, -0.2) is 0 Å². The quantitative estimate of drug-likeness (QED) is 0.712. The summed E-state index contributed by atoms with van der Waals surface area (Å²) in [4.78, 5) is 27.4. The topological polar surface area (TPSA) is 68.2 Å². The first-order chi connectivity index (χ1) is 13.2.